The van der Waals surface area contributed by atoms with Gasteiger partial charge in [0.25, 0.3) is 5.56 Å². The number of hydrogen-bond acceptors (Lipinski definition) is 5. The molecule has 1 saturated carbocycles. The first-order chi connectivity index (χ1) is 16.7. The third-order valence-corrected chi connectivity index (χ3v) is 7.07. The SMILES string of the molecule is CCc1ccc2[nH]c(=O)c([C@@H](c3nnnn3C3CCCC3)N(CC)Cc3ccccc3)cc2c1. The van der Waals surface area contributed by atoms with E-state index in [2.05, 4.69) is 75.7 Å². The highest BCUT2D eigenvalue weighted by atomic mass is 16.1. The van der Waals surface area contributed by atoms with E-state index in [9.17, 15) is 4.79 Å². The second kappa shape index (κ2) is 9.89. The molecular formula is C27H32N6O. The number of hydrogen-bond donors (Lipinski definition) is 1. The predicted molar refractivity (Wildman–Crippen MR) is 134 cm³/mol. The molecule has 7 nitrogen and oxygen atoms in total. The number of aryl methyl sites for hydroxylation is 1. The third kappa shape index (κ3) is 4.40. The van der Waals surface area contributed by atoms with Crippen molar-refractivity contribution in [3.63, 3.8) is 0 Å². The fourth-order valence-corrected chi connectivity index (χ4v) is 5.19. The van der Waals surface area contributed by atoms with Crippen LogP contribution in [0.5, 0.6) is 0 Å². The number of aromatic nitrogens is 5. The maximum atomic E-state index is 13.5. The zero-order valence-corrected chi connectivity index (χ0v) is 19.9. The van der Waals surface area contributed by atoms with Crippen molar-refractivity contribution in [2.24, 2.45) is 0 Å². The highest BCUT2D eigenvalue weighted by Crippen LogP contribution is 2.34. The van der Waals surface area contributed by atoms with Gasteiger partial charge in [0.05, 0.1) is 6.04 Å². The molecule has 0 amide bonds. The molecule has 34 heavy (non-hydrogen) atoms. The molecule has 1 N–H and O–H groups in total. The van der Waals surface area contributed by atoms with Crippen LogP contribution in [-0.4, -0.2) is 36.6 Å². The van der Waals surface area contributed by atoms with Crippen LogP contribution in [0, 0.1) is 0 Å². The first-order valence-electron chi connectivity index (χ1n) is 12.4. The molecule has 1 aliphatic carbocycles. The summed E-state index contributed by atoms with van der Waals surface area (Å²) in [4.78, 5) is 18.9. The summed E-state index contributed by atoms with van der Waals surface area (Å²) >= 11 is 0. The summed E-state index contributed by atoms with van der Waals surface area (Å²) in [5, 5.41) is 14.0. The van der Waals surface area contributed by atoms with E-state index in [4.69, 9.17) is 0 Å². The van der Waals surface area contributed by atoms with Crippen molar-refractivity contribution in [2.75, 3.05) is 6.54 Å². The second-order valence-electron chi connectivity index (χ2n) is 9.20. The number of nitrogens with one attached hydrogen (secondary N) is 1. The van der Waals surface area contributed by atoms with Gasteiger partial charge in [-0.05, 0) is 70.9 Å². The lowest BCUT2D eigenvalue weighted by Gasteiger charge is -2.30. The van der Waals surface area contributed by atoms with Gasteiger partial charge in [0.15, 0.2) is 5.82 Å². The first kappa shape index (κ1) is 22.5. The molecule has 0 spiro atoms. The van der Waals surface area contributed by atoms with Crippen LogP contribution in [0.15, 0.2) is 59.4 Å². The number of H-pyrrole nitrogens is 1. The molecule has 0 saturated heterocycles. The van der Waals surface area contributed by atoms with Gasteiger partial charge in [0.2, 0.25) is 0 Å². The molecule has 2 aromatic heterocycles. The molecule has 1 aliphatic rings. The molecule has 176 valence electrons. The van der Waals surface area contributed by atoms with Crippen molar-refractivity contribution in [1.29, 1.82) is 0 Å². The average molecular weight is 457 g/mol. The Balaban J connectivity index is 1.66. The summed E-state index contributed by atoms with van der Waals surface area (Å²) < 4.78 is 1.98. The minimum absolute atomic E-state index is 0.0887. The van der Waals surface area contributed by atoms with Crippen molar-refractivity contribution < 1.29 is 0 Å². The van der Waals surface area contributed by atoms with E-state index in [1.807, 2.05) is 22.9 Å². The molecule has 0 radical (unpaired) electrons. The Bertz CT molecular complexity index is 1310. The Kier molecular flexibility index (Phi) is 6.54. The molecule has 0 bridgehead atoms. The number of aromatic amines is 1. The van der Waals surface area contributed by atoms with E-state index in [0.717, 1.165) is 42.5 Å². The van der Waals surface area contributed by atoms with Crippen LogP contribution in [0.2, 0.25) is 0 Å². The summed E-state index contributed by atoms with van der Waals surface area (Å²) in [6.07, 6.45) is 5.47. The van der Waals surface area contributed by atoms with Gasteiger partial charge in [-0.1, -0.05) is 63.1 Å². The molecule has 5 rings (SSSR count). The Morgan fingerprint density at radius 2 is 1.85 bits per heavy atom. The van der Waals surface area contributed by atoms with E-state index < -0.39 is 0 Å². The van der Waals surface area contributed by atoms with E-state index in [0.29, 0.717) is 12.1 Å². The fourth-order valence-electron chi connectivity index (χ4n) is 5.19. The lowest BCUT2D eigenvalue weighted by atomic mass is 10.0. The minimum Gasteiger partial charge on any atom is -0.322 e. The molecule has 4 aromatic rings. The second-order valence-corrected chi connectivity index (χ2v) is 9.20. The van der Waals surface area contributed by atoms with Crippen molar-refractivity contribution in [1.82, 2.24) is 30.1 Å². The van der Waals surface area contributed by atoms with Crippen LogP contribution in [0.4, 0.5) is 0 Å². The molecular weight excluding hydrogens is 424 g/mol. The van der Waals surface area contributed by atoms with Gasteiger partial charge in [0, 0.05) is 17.6 Å². The number of fused-ring (bicyclic) bond motifs is 1. The number of pyridine rings is 1. The smallest absolute Gasteiger partial charge is 0.253 e. The fraction of sp³-hybridized carbons (Fsp3) is 0.407. The van der Waals surface area contributed by atoms with Crippen molar-refractivity contribution in [3.8, 4) is 0 Å². The normalized spacial score (nSPS) is 15.4. The van der Waals surface area contributed by atoms with Crippen molar-refractivity contribution in [3.05, 3.63) is 87.5 Å². The average Bonchev–Trinajstić information content (AvgIpc) is 3.56. The maximum Gasteiger partial charge on any atom is 0.253 e. The third-order valence-electron chi connectivity index (χ3n) is 7.07. The summed E-state index contributed by atoms with van der Waals surface area (Å²) in [6.45, 7) is 5.73. The molecule has 0 aliphatic heterocycles. The number of nitrogens with zero attached hydrogens (tertiary/aromatic N) is 5. The minimum atomic E-state index is -0.348. The lowest BCUT2D eigenvalue weighted by molar-refractivity contribution is 0.210. The summed E-state index contributed by atoms with van der Waals surface area (Å²) in [5.74, 6) is 0.751. The van der Waals surface area contributed by atoms with Gasteiger partial charge >= 0.3 is 0 Å². The van der Waals surface area contributed by atoms with Crippen LogP contribution in [0.1, 0.15) is 74.1 Å². The Morgan fingerprint density at radius 3 is 2.59 bits per heavy atom. The standard InChI is InChI=1S/C27H32N6O/c1-3-19-14-15-24-21(16-19)17-23(27(34)28-24)25(32(4-2)18-20-10-6-5-7-11-20)26-29-30-31-33(26)22-12-8-9-13-22/h5-7,10-11,14-17,22,25H,3-4,8-9,12-13,18H2,1-2H3,(H,28,34)/t25-/m0/s1. The molecule has 1 fully saturated rings. The highest BCUT2D eigenvalue weighted by Gasteiger charge is 2.32. The molecule has 1 atom stereocenters. The monoisotopic (exact) mass is 456 g/mol. The molecule has 7 heteroatoms. The van der Waals surface area contributed by atoms with Crippen LogP contribution in [0.3, 0.4) is 0 Å². The van der Waals surface area contributed by atoms with Gasteiger partial charge in [-0.15, -0.1) is 5.10 Å². The lowest BCUT2D eigenvalue weighted by Crippen LogP contribution is -2.35. The number of benzene rings is 2. The van der Waals surface area contributed by atoms with Crippen LogP contribution < -0.4 is 5.56 Å². The summed E-state index contributed by atoms with van der Waals surface area (Å²) in [5.41, 5.74) is 3.89. The topological polar surface area (TPSA) is 79.7 Å². The van der Waals surface area contributed by atoms with Crippen LogP contribution in [-0.2, 0) is 13.0 Å². The Hall–Kier alpha value is -3.32. The largest absolute Gasteiger partial charge is 0.322 e. The van der Waals surface area contributed by atoms with Gasteiger partial charge in [0.1, 0.15) is 6.04 Å². The van der Waals surface area contributed by atoms with E-state index in [-0.39, 0.29) is 17.6 Å². The quantitative estimate of drug-likeness (QED) is 0.412. The van der Waals surface area contributed by atoms with Gasteiger partial charge in [-0.25, -0.2) is 4.68 Å². The van der Waals surface area contributed by atoms with Gasteiger partial charge in [-0.2, -0.15) is 0 Å². The van der Waals surface area contributed by atoms with Gasteiger partial charge < -0.3 is 4.98 Å². The van der Waals surface area contributed by atoms with Crippen molar-refractivity contribution in [2.45, 2.75) is 64.6 Å². The highest BCUT2D eigenvalue weighted by molar-refractivity contribution is 5.80. The first-order valence-corrected chi connectivity index (χ1v) is 12.4. The van der Waals surface area contributed by atoms with E-state index >= 15 is 0 Å². The Morgan fingerprint density at radius 1 is 1.06 bits per heavy atom. The number of rotatable bonds is 8. The van der Waals surface area contributed by atoms with E-state index in [1.54, 1.807) is 0 Å². The molecule has 2 aromatic carbocycles. The zero-order chi connectivity index (χ0) is 23.5. The molecule has 2 heterocycles. The predicted octanol–water partition coefficient (Wildman–Crippen LogP) is 4.80. The Labute approximate surface area is 199 Å². The van der Waals surface area contributed by atoms with Gasteiger partial charge in [-0.3, -0.25) is 9.69 Å². The number of tetrazole rings is 1. The van der Waals surface area contributed by atoms with E-state index in [1.165, 1.54) is 24.0 Å². The summed E-state index contributed by atoms with van der Waals surface area (Å²) in [6, 6.07) is 18.6. The summed E-state index contributed by atoms with van der Waals surface area (Å²) in [7, 11) is 0. The van der Waals surface area contributed by atoms with Crippen LogP contribution >= 0.6 is 0 Å². The zero-order valence-electron chi connectivity index (χ0n) is 19.9. The van der Waals surface area contributed by atoms with Crippen LogP contribution in [0.25, 0.3) is 10.9 Å². The molecule has 0 unspecified atom stereocenters. The van der Waals surface area contributed by atoms with Crippen molar-refractivity contribution >= 4 is 10.9 Å². The maximum absolute atomic E-state index is 13.5.